The molecule has 0 heterocycles. The Hall–Kier alpha value is -1.52. The monoisotopic (exact) mass is 202 g/mol. The van der Waals surface area contributed by atoms with Crippen molar-refractivity contribution in [2.45, 2.75) is 12.7 Å². The zero-order valence-electron chi connectivity index (χ0n) is 7.06. The Morgan fingerprint density at radius 1 is 1.29 bits per heavy atom. The summed E-state index contributed by atoms with van der Waals surface area (Å²) in [5.74, 6) is 0. The van der Waals surface area contributed by atoms with Crippen molar-refractivity contribution >= 4 is 6.41 Å². The second-order valence-corrected chi connectivity index (χ2v) is 2.61. The van der Waals surface area contributed by atoms with Gasteiger partial charge in [0.2, 0.25) is 0 Å². The van der Waals surface area contributed by atoms with E-state index < -0.39 is 11.7 Å². The van der Waals surface area contributed by atoms with Crippen molar-refractivity contribution in [1.29, 1.82) is 0 Å². The molecule has 1 radical (unpaired) electrons. The molecule has 0 aromatic heterocycles. The fourth-order valence-electron chi connectivity index (χ4n) is 1.08. The molecule has 0 spiro atoms. The van der Waals surface area contributed by atoms with E-state index in [4.69, 9.17) is 0 Å². The van der Waals surface area contributed by atoms with Crippen molar-refractivity contribution in [2.24, 2.45) is 0 Å². The Balaban J connectivity index is 2.97. The lowest BCUT2D eigenvalue weighted by atomic mass is 10.1. The molecule has 0 aliphatic rings. The van der Waals surface area contributed by atoms with Crippen LogP contribution in [0.15, 0.2) is 24.3 Å². The Labute approximate surface area is 78.7 Å². The van der Waals surface area contributed by atoms with Crippen LogP contribution in [0.25, 0.3) is 0 Å². The summed E-state index contributed by atoms with van der Waals surface area (Å²) in [5.41, 5.74) is -0.703. The van der Waals surface area contributed by atoms with Crippen LogP contribution >= 0.6 is 0 Å². The van der Waals surface area contributed by atoms with Crippen LogP contribution in [0.2, 0.25) is 0 Å². The summed E-state index contributed by atoms with van der Waals surface area (Å²) < 4.78 is 37.0. The maximum atomic E-state index is 12.3. The van der Waals surface area contributed by atoms with Crippen molar-refractivity contribution < 1.29 is 18.0 Å². The average Bonchev–Trinajstić information content (AvgIpc) is 2.14. The zero-order chi connectivity index (χ0) is 10.6. The minimum atomic E-state index is -4.39. The van der Waals surface area contributed by atoms with E-state index in [0.717, 1.165) is 6.07 Å². The molecule has 5 heteroatoms. The van der Waals surface area contributed by atoms with E-state index in [1.54, 1.807) is 0 Å². The Kier molecular flexibility index (Phi) is 3.11. The number of alkyl halides is 3. The lowest BCUT2D eigenvalue weighted by molar-refractivity contribution is -0.138. The summed E-state index contributed by atoms with van der Waals surface area (Å²) in [5, 5.41) is 2.07. The summed E-state index contributed by atoms with van der Waals surface area (Å²) in [6.07, 6.45) is -3.06. The lowest BCUT2D eigenvalue weighted by Crippen LogP contribution is -2.15. The summed E-state index contributed by atoms with van der Waals surface area (Å²) >= 11 is 0. The highest BCUT2D eigenvalue weighted by Crippen LogP contribution is 2.31. The molecule has 1 rings (SSSR count). The van der Waals surface area contributed by atoms with Gasteiger partial charge in [-0.15, -0.1) is 0 Å². The molecule has 0 atom stereocenters. The molecule has 0 aliphatic heterocycles. The lowest BCUT2D eigenvalue weighted by Gasteiger charge is -2.11. The molecule has 0 unspecified atom stereocenters. The molecule has 0 aliphatic carbocycles. The van der Waals surface area contributed by atoms with Gasteiger partial charge < -0.3 is 5.32 Å². The molecule has 1 aromatic carbocycles. The second-order valence-electron chi connectivity index (χ2n) is 2.61. The van der Waals surface area contributed by atoms with Crippen LogP contribution in [0.3, 0.4) is 0 Å². The molecule has 0 saturated heterocycles. The van der Waals surface area contributed by atoms with Gasteiger partial charge in [0.15, 0.2) is 0 Å². The molecule has 0 saturated carbocycles. The number of benzene rings is 1. The molecule has 14 heavy (non-hydrogen) atoms. The van der Waals surface area contributed by atoms with Crippen molar-refractivity contribution in [3.63, 3.8) is 0 Å². The van der Waals surface area contributed by atoms with Crippen LogP contribution in [0.1, 0.15) is 11.1 Å². The van der Waals surface area contributed by atoms with Crippen molar-refractivity contribution in [1.82, 2.24) is 5.32 Å². The molecular weight excluding hydrogens is 195 g/mol. The maximum absolute atomic E-state index is 12.3. The molecule has 0 bridgehead atoms. The first-order valence-electron chi connectivity index (χ1n) is 3.81. The van der Waals surface area contributed by atoms with E-state index in [-0.39, 0.29) is 12.1 Å². The number of carbonyl (C=O) groups excluding carboxylic acids is 1. The molecular formula is C9H7F3NO. The van der Waals surface area contributed by atoms with Crippen molar-refractivity contribution in [3.8, 4) is 0 Å². The minimum absolute atomic E-state index is 0.0309. The number of amides is 1. The van der Waals surface area contributed by atoms with Gasteiger partial charge in [0.1, 0.15) is 0 Å². The van der Waals surface area contributed by atoms with Crippen LogP contribution in [-0.2, 0) is 17.5 Å². The summed E-state index contributed by atoms with van der Waals surface area (Å²) in [7, 11) is 0. The first-order chi connectivity index (χ1) is 6.55. The van der Waals surface area contributed by atoms with Crippen LogP contribution in [0.4, 0.5) is 13.2 Å². The van der Waals surface area contributed by atoms with E-state index in [1.807, 2.05) is 0 Å². The zero-order valence-corrected chi connectivity index (χ0v) is 7.06. The van der Waals surface area contributed by atoms with Crippen LogP contribution in [0.5, 0.6) is 0 Å². The standard InChI is InChI=1S/C9H7F3NO/c10-9(11,12)8-4-2-1-3-7(8)5-13-6-14/h1-4H,5H2,(H,13,14). The van der Waals surface area contributed by atoms with Gasteiger partial charge in [-0.1, -0.05) is 18.2 Å². The Morgan fingerprint density at radius 3 is 2.50 bits per heavy atom. The van der Waals surface area contributed by atoms with E-state index in [9.17, 15) is 18.0 Å². The van der Waals surface area contributed by atoms with Crippen LogP contribution < -0.4 is 5.32 Å². The first-order valence-corrected chi connectivity index (χ1v) is 3.81. The summed E-state index contributed by atoms with van der Waals surface area (Å²) in [6, 6.07) is 5.07. The van der Waals surface area contributed by atoms with Crippen LogP contribution in [0, 0.1) is 0 Å². The highest BCUT2D eigenvalue weighted by molar-refractivity contribution is 5.47. The largest absolute Gasteiger partial charge is 0.416 e. The van der Waals surface area contributed by atoms with E-state index >= 15 is 0 Å². The molecule has 1 N–H and O–H groups in total. The molecule has 2 nitrogen and oxygen atoms in total. The van der Waals surface area contributed by atoms with Crippen LogP contribution in [-0.4, -0.2) is 6.41 Å². The molecule has 0 fully saturated rings. The SMILES string of the molecule is O=[C]NCc1ccccc1C(F)(F)F. The normalized spacial score (nSPS) is 11.1. The topological polar surface area (TPSA) is 29.1 Å². The van der Waals surface area contributed by atoms with Gasteiger partial charge in [0.05, 0.1) is 5.56 Å². The Morgan fingerprint density at radius 2 is 1.93 bits per heavy atom. The highest BCUT2D eigenvalue weighted by Gasteiger charge is 2.32. The third-order valence-corrected chi connectivity index (χ3v) is 1.67. The predicted octanol–water partition coefficient (Wildman–Crippen LogP) is 1.86. The van der Waals surface area contributed by atoms with E-state index in [0.29, 0.717) is 0 Å². The molecule has 1 aromatic rings. The molecule has 1 amide bonds. The minimum Gasteiger partial charge on any atom is -0.344 e. The third-order valence-electron chi connectivity index (χ3n) is 1.67. The fraction of sp³-hybridized carbons (Fsp3) is 0.222. The van der Waals surface area contributed by atoms with Gasteiger partial charge in [-0.05, 0) is 11.6 Å². The quantitative estimate of drug-likeness (QED) is 0.745. The van der Waals surface area contributed by atoms with Crippen molar-refractivity contribution in [2.75, 3.05) is 0 Å². The van der Waals surface area contributed by atoms with Gasteiger partial charge in [0.25, 0.3) is 0 Å². The van der Waals surface area contributed by atoms with Gasteiger partial charge >= 0.3 is 12.6 Å². The average molecular weight is 202 g/mol. The summed E-state index contributed by atoms with van der Waals surface area (Å²) in [4.78, 5) is 9.82. The maximum Gasteiger partial charge on any atom is 0.416 e. The number of nitrogens with one attached hydrogen (secondary N) is 1. The first kappa shape index (κ1) is 10.6. The third kappa shape index (κ3) is 2.48. The molecule has 75 valence electrons. The number of rotatable bonds is 3. The van der Waals surface area contributed by atoms with Crippen molar-refractivity contribution in [3.05, 3.63) is 35.4 Å². The highest BCUT2D eigenvalue weighted by atomic mass is 19.4. The summed E-state index contributed by atoms with van der Waals surface area (Å²) in [6.45, 7) is -0.167. The smallest absolute Gasteiger partial charge is 0.344 e. The number of hydrogen-bond acceptors (Lipinski definition) is 1. The van der Waals surface area contributed by atoms with Gasteiger partial charge in [0, 0.05) is 6.54 Å². The number of halogens is 3. The number of hydrogen-bond donors (Lipinski definition) is 1. The Bertz CT molecular complexity index is 322. The van der Waals surface area contributed by atoms with E-state index in [2.05, 4.69) is 5.32 Å². The fourth-order valence-corrected chi connectivity index (χ4v) is 1.08. The van der Waals surface area contributed by atoms with Gasteiger partial charge in [-0.25, -0.2) is 0 Å². The van der Waals surface area contributed by atoms with Gasteiger partial charge in [-0.3, -0.25) is 4.79 Å². The second kappa shape index (κ2) is 4.13. The predicted molar refractivity (Wildman–Crippen MR) is 44.0 cm³/mol. The van der Waals surface area contributed by atoms with Gasteiger partial charge in [-0.2, -0.15) is 13.2 Å². The van der Waals surface area contributed by atoms with E-state index in [1.165, 1.54) is 24.6 Å².